The van der Waals surface area contributed by atoms with Crippen LogP contribution in [0.15, 0.2) is 34.9 Å². The van der Waals surface area contributed by atoms with Gasteiger partial charge in [-0.1, -0.05) is 39.0 Å². The molecule has 0 nitrogen and oxygen atoms in total. The smallest absolute Gasteiger partial charge is 0.0132 e. The summed E-state index contributed by atoms with van der Waals surface area (Å²) in [6.45, 7) is 11.0. The third-order valence-corrected chi connectivity index (χ3v) is 2.32. The van der Waals surface area contributed by atoms with Gasteiger partial charge in [0.05, 0.1) is 0 Å². The standard InChI is InChI=1S/C12H18/c1-6-10-8-11(7-9(10)2)12(3,4)5/h6-8H,1-5H3/b10-6-. The Hall–Kier alpha value is -0.780. The van der Waals surface area contributed by atoms with Gasteiger partial charge in [0.15, 0.2) is 0 Å². The van der Waals surface area contributed by atoms with Gasteiger partial charge >= 0.3 is 0 Å². The lowest BCUT2D eigenvalue weighted by Crippen LogP contribution is -2.05. The molecule has 0 saturated heterocycles. The molecule has 0 aromatic heterocycles. The van der Waals surface area contributed by atoms with E-state index in [1.165, 1.54) is 16.7 Å². The lowest BCUT2D eigenvalue weighted by Gasteiger charge is -2.18. The van der Waals surface area contributed by atoms with E-state index < -0.39 is 0 Å². The normalized spacial score (nSPS) is 21.2. The SMILES string of the molecule is C/C=C1/C=C(C(C)(C)C)C=C1C. The van der Waals surface area contributed by atoms with Crippen molar-refractivity contribution in [2.24, 2.45) is 5.41 Å². The first-order valence-electron chi connectivity index (χ1n) is 4.52. The molecule has 0 unspecified atom stereocenters. The van der Waals surface area contributed by atoms with Gasteiger partial charge < -0.3 is 0 Å². The number of hydrogen-bond donors (Lipinski definition) is 0. The highest BCUT2D eigenvalue weighted by Gasteiger charge is 2.19. The van der Waals surface area contributed by atoms with E-state index in [1.54, 1.807) is 0 Å². The molecule has 0 N–H and O–H groups in total. The van der Waals surface area contributed by atoms with E-state index in [0.29, 0.717) is 0 Å². The molecule has 0 aromatic rings. The third-order valence-electron chi connectivity index (χ3n) is 2.32. The van der Waals surface area contributed by atoms with Gasteiger partial charge in [-0.25, -0.2) is 0 Å². The zero-order valence-electron chi connectivity index (χ0n) is 8.73. The Balaban J connectivity index is 3.01. The molecule has 1 aliphatic rings. The van der Waals surface area contributed by atoms with Crippen LogP contribution in [0.1, 0.15) is 34.6 Å². The van der Waals surface area contributed by atoms with Crippen LogP contribution in [0.3, 0.4) is 0 Å². The molecule has 0 amide bonds. The van der Waals surface area contributed by atoms with Crippen LogP contribution in [0, 0.1) is 5.41 Å². The van der Waals surface area contributed by atoms with Gasteiger partial charge in [-0.05, 0) is 36.0 Å². The molecular formula is C12H18. The van der Waals surface area contributed by atoms with Crippen LogP contribution in [0.2, 0.25) is 0 Å². The maximum absolute atomic E-state index is 2.29. The average Bonchev–Trinajstić information content (AvgIpc) is 2.29. The van der Waals surface area contributed by atoms with Gasteiger partial charge in [-0.3, -0.25) is 0 Å². The van der Waals surface area contributed by atoms with Crippen molar-refractivity contribution in [1.82, 2.24) is 0 Å². The molecule has 12 heavy (non-hydrogen) atoms. The van der Waals surface area contributed by atoms with Crippen LogP contribution in [-0.2, 0) is 0 Å². The van der Waals surface area contributed by atoms with Crippen molar-refractivity contribution < 1.29 is 0 Å². The zero-order valence-corrected chi connectivity index (χ0v) is 8.73. The Morgan fingerprint density at radius 3 is 2.00 bits per heavy atom. The summed E-state index contributed by atoms with van der Waals surface area (Å²) in [4.78, 5) is 0. The molecule has 0 saturated carbocycles. The van der Waals surface area contributed by atoms with Crippen LogP contribution < -0.4 is 0 Å². The van der Waals surface area contributed by atoms with Crippen LogP contribution in [0.25, 0.3) is 0 Å². The Labute approximate surface area is 75.7 Å². The van der Waals surface area contributed by atoms with E-state index >= 15 is 0 Å². The van der Waals surface area contributed by atoms with E-state index in [9.17, 15) is 0 Å². The summed E-state index contributed by atoms with van der Waals surface area (Å²) in [7, 11) is 0. The molecule has 0 spiro atoms. The summed E-state index contributed by atoms with van der Waals surface area (Å²) >= 11 is 0. The van der Waals surface area contributed by atoms with Crippen molar-refractivity contribution in [2.45, 2.75) is 34.6 Å². The van der Waals surface area contributed by atoms with Crippen molar-refractivity contribution in [1.29, 1.82) is 0 Å². The average molecular weight is 162 g/mol. The Morgan fingerprint density at radius 2 is 1.75 bits per heavy atom. The maximum Gasteiger partial charge on any atom is -0.0132 e. The van der Waals surface area contributed by atoms with E-state index in [0.717, 1.165) is 0 Å². The maximum atomic E-state index is 2.29. The van der Waals surface area contributed by atoms with Crippen molar-refractivity contribution in [2.75, 3.05) is 0 Å². The molecule has 0 fully saturated rings. The van der Waals surface area contributed by atoms with Crippen LogP contribution in [0.5, 0.6) is 0 Å². The predicted octanol–water partition coefficient (Wildman–Crippen LogP) is 3.87. The predicted molar refractivity (Wildman–Crippen MR) is 55.1 cm³/mol. The Morgan fingerprint density at radius 1 is 1.17 bits per heavy atom. The molecule has 0 atom stereocenters. The minimum Gasteiger partial charge on any atom is -0.0801 e. The van der Waals surface area contributed by atoms with Gasteiger partial charge in [0.1, 0.15) is 0 Å². The lowest BCUT2D eigenvalue weighted by molar-refractivity contribution is 0.518. The summed E-state index contributed by atoms with van der Waals surface area (Å²) in [6.07, 6.45) is 6.75. The second kappa shape index (κ2) is 2.93. The summed E-state index contributed by atoms with van der Waals surface area (Å²) in [5.74, 6) is 0. The van der Waals surface area contributed by atoms with Crippen molar-refractivity contribution in [3.8, 4) is 0 Å². The fourth-order valence-electron chi connectivity index (χ4n) is 1.38. The van der Waals surface area contributed by atoms with Gasteiger partial charge in [0.2, 0.25) is 0 Å². The van der Waals surface area contributed by atoms with E-state index in [2.05, 4.69) is 52.8 Å². The minimum absolute atomic E-state index is 0.284. The van der Waals surface area contributed by atoms with Crippen LogP contribution >= 0.6 is 0 Å². The van der Waals surface area contributed by atoms with Crippen LogP contribution in [-0.4, -0.2) is 0 Å². The molecule has 0 heterocycles. The Kier molecular flexibility index (Phi) is 2.27. The molecular weight excluding hydrogens is 144 g/mol. The fraction of sp³-hybridized carbons (Fsp3) is 0.500. The molecule has 0 aromatic carbocycles. The molecule has 0 aliphatic heterocycles. The number of allylic oxidation sites excluding steroid dienone is 6. The molecule has 0 bridgehead atoms. The summed E-state index contributed by atoms with van der Waals surface area (Å²) in [5.41, 5.74) is 4.49. The van der Waals surface area contributed by atoms with Crippen molar-refractivity contribution in [3.05, 3.63) is 34.9 Å². The highest BCUT2D eigenvalue weighted by atomic mass is 14.2. The molecule has 1 rings (SSSR count). The van der Waals surface area contributed by atoms with E-state index in [1.807, 2.05) is 0 Å². The van der Waals surface area contributed by atoms with Crippen molar-refractivity contribution >= 4 is 0 Å². The van der Waals surface area contributed by atoms with Crippen molar-refractivity contribution in [3.63, 3.8) is 0 Å². The molecule has 1 aliphatic carbocycles. The summed E-state index contributed by atoms with van der Waals surface area (Å²) in [6, 6.07) is 0. The first-order valence-corrected chi connectivity index (χ1v) is 4.52. The molecule has 66 valence electrons. The highest BCUT2D eigenvalue weighted by Crippen LogP contribution is 2.34. The molecule has 0 radical (unpaired) electrons. The third kappa shape index (κ3) is 1.69. The largest absolute Gasteiger partial charge is 0.0801 e. The number of hydrogen-bond acceptors (Lipinski definition) is 0. The minimum atomic E-state index is 0.284. The first-order chi connectivity index (χ1) is 5.45. The number of rotatable bonds is 0. The second-order valence-electron chi connectivity index (χ2n) is 4.42. The monoisotopic (exact) mass is 162 g/mol. The van der Waals surface area contributed by atoms with Crippen LogP contribution in [0.4, 0.5) is 0 Å². The van der Waals surface area contributed by atoms with E-state index in [4.69, 9.17) is 0 Å². The van der Waals surface area contributed by atoms with Gasteiger partial charge in [-0.15, -0.1) is 0 Å². The van der Waals surface area contributed by atoms with E-state index in [-0.39, 0.29) is 5.41 Å². The fourth-order valence-corrected chi connectivity index (χ4v) is 1.38. The highest BCUT2D eigenvalue weighted by molar-refractivity contribution is 5.53. The van der Waals surface area contributed by atoms with Gasteiger partial charge in [0, 0.05) is 0 Å². The molecule has 0 heteroatoms. The zero-order chi connectivity index (χ0) is 9.35. The van der Waals surface area contributed by atoms with Gasteiger partial charge in [-0.2, -0.15) is 0 Å². The first kappa shape index (κ1) is 9.31. The Bertz CT molecular complexity index is 267. The van der Waals surface area contributed by atoms with Gasteiger partial charge in [0.25, 0.3) is 0 Å². The second-order valence-corrected chi connectivity index (χ2v) is 4.42. The topological polar surface area (TPSA) is 0 Å². The summed E-state index contributed by atoms with van der Waals surface area (Å²) in [5, 5.41) is 0. The summed E-state index contributed by atoms with van der Waals surface area (Å²) < 4.78 is 0. The quantitative estimate of drug-likeness (QED) is 0.507. The lowest BCUT2D eigenvalue weighted by atomic mass is 9.87.